The van der Waals surface area contributed by atoms with E-state index in [-0.39, 0.29) is 12.3 Å². The number of hydrogen-bond acceptors (Lipinski definition) is 6. The molecular weight excluding hydrogens is 518 g/mol. The lowest BCUT2D eigenvalue weighted by atomic mass is 10.0. The second-order valence-electron chi connectivity index (χ2n) is 8.81. The second-order valence-corrected chi connectivity index (χ2v) is 9.24. The SMILES string of the molecule is CN(C)C(=O)c1ccc(NC(=O)C(Cc2ccccc2)NC(=O)C=Cc2cc(Cl)ccc2-n2cnnn2)cc1. The molecule has 1 atom stereocenters. The van der Waals surface area contributed by atoms with Crippen molar-refractivity contribution in [3.8, 4) is 5.69 Å². The number of halogens is 1. The number of rotatable bonds is 9. The molecule has 3 amide bonds. The molecule has 4 aromatic rings. The zero-order valence-electron chi connectivity index (χ0n) is 21.3. The molecule has 0 fully saturated rings. The predicted octanol–water partition coefficient (Wildman–Crippen LogP) is 3.40. The summed E-state index contributed by atoms with van der Waals surface area (Å²) >= 11 is 6.16. The van der Waals surface area contributed by atoms with Gasteiger partial charge in [0.25, 0.3) is 5.91 Å². The van der Waals surface area contributed by atoms with Crippen molar-refractivity contribution in [3.05, 3.63) is 107 Å². The maximum atomic E-state index is 13.2. The van der Waals surface area contributed by atoms with Crippen molar-refractivity contribution in [2.45, 2.75) is 12.5 Å². The van der Waals surface area contributed by atoms with Crippen LogP contribution >= 0.6 is 11.6 Å². The summed E-state index contributed by atoms with van der Waals surface area (Å²) in [5.74, 6) is -1.01. The van der Waals surface area contributed by atoms with Gasteiger partial charge in [-0.1, -0.05) is 41.9 Å². The Morgan fingerprint density at radius 2 is 1.77 bits per heavy atom. The summed E-state index contributed by atoms with van der Waals surface area (Å²) in [5, 5.41) is 17.3. The van der Waals surface area contributed by atoms with Gasteiger partial charge in [-0.25, -0.2) is 0 Å². The van der Waals surface area contributed by atoms with Crippen LogP contribution < -0.4 is 10.6 Å². The lowest BCUT2D eigenvalue weighted by molar-refractivity contribution is -0.123. The summed E-state index contributed by atoms with van der Waals surface area (Å²) in [6, 6.07) is 20.2. The van der Waals surface area contributed by atoms with Crippen LogP contribution in [-0.4, -0.2) is 63.0 Å². The van der Waals surface area contributed by atoms with Gasteiger partial charge in [-0.2, -0.15) is 4.68 Å². The van der Waals surface area contributed by atoms with Crippen molar-refractivity contribution in [1.82, 2.24) is 30.4 Å². The summed E-state index contributed by atoms with van der Waals surface area (Å²) in [4.78, 5) is 39.8. The maximum absolute atomic E-state index is 13.2. The van der Waals surface area contributed by atoms with E-state index >= 15 is 0 Å². The number of nitrogens with one attached hydrogen (secondary N) is 2. The highest BCUT2D eigenvalue weighted by Gasteiger charge is 2.21. The van der Waals surface area contributed by atoms with E-state index in [0.717, 1.165) is 5.56 Å². The largest absolute Gasteiger partial charge is 0.345 e. The highest BCUT2D eigenvalue weighted by molar-refractivity contribution is 6.30. The molecular formula is C28H26ClN7O3. The molecule has 1 heterocycles. The number of tetrazole rings is 1. The minimum absolute atomic E-state index is 0.142. The number of nitrogens with zero attached hydrogens (tertiary/aromatic N) is 5. The monoisotopic (exact) mass is 543 g/mol. The van der Waals surface area contributed by atoms with Crippen molar-refractivity contribution in [1.29, 1.82) is 0 Å². The van der Waals surface area contributed by atoms with Crippen LogP contribution in [0.2, 0.25) is 5.02 Å². The first-order valence-electron chi connectivity index (χ1n) is 12.0. The van der Waals surface area contributed by atoms with Crippen LogP contribution in [0.1, 0.15) is 21.5 Å². The molecule has 198 valence electrons. The van der Waals surface area contributed by atoms with E-state index in [4.69, 9.17) is 11.6 Å². The zero-order valence-corrected chi connectivity index (χ0v) is 22.0. The molecule has 0 saturated carbocycles. The molecule has 11 heteroatoms. The first-order chi connectivity index (χ1) is 18.8. The topological polar surface area (TPSA) is 122 Å². The highest BCUT2D eigenvalue weighted by atomic mass is 35.5. The molecule has 10 nitrogen and oxygen atoms in total. The molecule has 0 aliphatic heterocycles. The van der Waals surface area contributed by atoms with Crippen LogP contribution in [0.5, 0.6) is 0 Å². The number of benzene rings is 3. The third kappa shape index (κ3) is 7.36. The van der Waals surface area contributed by atoms with E-state index in [1.54, 1.807) is 62.6 Å². The van der Waals surface area contributed by atoms with Crippen molar-refractivity contribution >= 4 is 41.1 Å². The van der Waals surface area contributed by atoms with Crippen LogP contribution in [-0.2, 0) is 16.0 Å². The number of amides is 3. The summed E-state index contributed by atoms with van der Waals surface area (Å²) in [5.41, 5.74) is 3.12. The Hall–Kier alpha value is -4.83. The Morgan fingerprint density at radius 1 is 1.03 bits per heavy atom. The van der Waals surface area contributed by atoms with Crippen molar-refractivity contribution in [3.63, 3.8) is 0 Å². The average molecular weight is 544 g/mol. The Morgan fingerprint density at radius 3 is 2.44 bits per heavy atom. The van der Waals surface area contributed by atoms with Crippen LogP contribution in [0.25, 0.3) is 11.8 Å². The fourth-order valence-electron chi connectivity index (χ4n) is 3.77. The average Bonchev–Trinajstić information content (AvgIpc) is 3.47. The van der Waals surface area contributed by atoms with Crippen molar-refractivity contribution in [2.24, 2.45) is 0 Å². The lowest BCUT2D eigenvalue weighted by Crippen LogP contribution is -2.44. The van der Waals surface area contributed by atoms with Gasteiger partial charge < -0.3 is 15.5 Å². The molecule has 0 aliphatic carbocycles. The van der Waals surface area contributed by atoms with E-state index in [9.17, 15) is 14.4 Å². The smallest absolute Gasteiger partial charge is 0.253 e. The van der Waals surface area contributed by atoms with Gasteiger partial charge in [0.15, 0.2) is 0 Å². The van der Waals surface area contributed by atoms with Crippen LogP contribution in [0.3, 0.4) is 0 Å². The molecule has 39 heavy (non-hydrogen) atoms. The molecule has 0 saturated heterocycles. The van der Waals surface area contributed by atoms with Crippen LogP contribution in [0.4, 0.5) is 5.69 Å². The number of anilines is 1. The minimum Gasteiger partial charge on any atom is -0.345 e. The van der Waals surface area contributed by atoms with E-state index < -0.39 is 17.9 Å². The molecule has 0 spiro atoms. The number of carbonyl (C=O) groups is 3. The third-order valence-corrected chi connectivity index (χ3v) is 5.96. The normalized spacial score (nSPS) is 11.7. The molecule has 0 aliphatic rings. The van der Waals surface area contributed by atoms with Gasteiger partial charge in [0.05, 0.1) is 5.69 Å². The van der Waals surface area contributed by atoms with Crippen molar-refractivity contribution in [2.75, 3.05) is 19.4 Å². The molecule has 1 unspecified atom stereocenters. The molecule has 2 N–H and O–H groups in total. The van der Waals surface area contributed by atoms with Gasteiger partial charge in [-0.05, 0) is 64.5 Å². The van der Waals surface area contributed by atoms with Gasteiger partial charge in [0.2, 0.25) is 11.8 Å². The quantitative estimate of drug-likeness (QED) is 0.312. The Kier molecular flexibility index (Phi) is 8.80. The maximum Gasteiger partial charge on any atom is 0.253 e. The minimum atomic E-state index is -0.869. The Labute approximate surface area is 230 Å². The van der Waals surface area contributed by atoms with Crippen LogP contribution in [0, 0.1) is 0 Å². The molecule has 3 aromatic carbocycles. The first-order valence-corrected chi connectivity index (χ1v) is 12.4. The first kappa shape index (κ1) is 27.2. The number of hydrogen-bond donors (Lipinski definition) is 2. The van der Waals surface area contributed by atoms with E-state index in [1.165, 1.54) is 22.0 Å². The summed E-state index contributed by atoms with van der Waals surface area (Å²) < 4.78 is 1.46. The fourth-order valence-corrected chi connectivity index (χ4v) is 3.95. The van der Waals surface area contributed by atoms with Crippen LogP contribution in [0.15, 0.2) is 85.2 Å². The van der Waals surface area contributed by atoms with E-state index in [1.807, 2.05) is 30.3 Å². The number of aromatic nitrogens is 4. The van der Waals surface area contributed by atoms with Gasteiger partial charge in [-0.3, -0.25) is 14.4 Å². The Balaban J connectivity index is 1.50. The molecule has 0 bridgehead atoms. The van der Waals surface area contributed by atoms with Gasteiger partial charge in [0, 0.05) is 48.4 Å². The summed E-state index contributed by atoms with van der Waals surface area (Å²) in [6.07, 6.45) is 4.61. The molecule has 1 aromatic heterocycles. The standard InChI is InChI=1S/C28H26ClN7O3/c1-35(2)28(39)20-8-12-23(13-9-20)31-27(38)24(16-19-6-4-3-5-7-19)32-26(37)15-10-21-17-22(29)11-14-25(21)36-18-30-33-34-36/h3-15,17-18,24H,16H2,1-2H3,(H,31,38)(H,32,37). The zero-order chi connectivity index (χ0) is 27.8. The van der Waals surface area contributed by atoms with E-state index in [2.05, 4.69) is 26.2 Å². The van der Waals surface area contributed by atoms with Gasteiger partial charge in [-0.15, -0.1) is 5.10 Å². The third-order valence-electron chi connectivity index (χ3n) is 5.72. The second kappa shape index (κ2) is 12.6. The highest BCUT2D eigenvalue weighted by Crippen LogP contribution is 2.20. The summed E-state index contributed by atoms with van der Waals surface area (Å²) in [7, 11) is 3.34. The molecule has 4 rings (SSSR count). The lowest BCUT2D eigenvalue weighted by Gasteiger charge is -2.18. The predicted molar refractivity (Wildman–Crippen MR) is 148 cm³/mol. The fraction of sp³-hybridized carbons (Fsp3) is 0.143. The summed E-state index contributed by atoms with van der Waals surface area (Å²) in [6.45, 7) is 0. The van der Waals surface area contributed by atoms with Gasteiger partial charge in [0.1, 0.15) is 12.4 Å². The Bertz CT molecular complexity index is 1470. The van der Waals surface area contributed by atoms with E-state index in [0.29, 0.717) is 27.5 Å². The molecule has 0 radical (unpaired) electrons. The van der Waals surface area contributed by atoms with Gasteiger partial charge >= 0.3 is 0 Å². The number of carbonyl (C=O) groups excluding carboxylic acids is 3. The van der Waals surface area contributed by atoms with Crippen molar-refractivity contribution < 1.29 is 14.4 Å².